The standard InChI is InChI=1S/C33H32ClN3O2/c1-21(38)6-7-22-4-3-5-28(15-22)37(33(39)29-16-23-8-9-26(29)14-23)19-27-11-10-24(17-30(27)34)25-12-13-32-31(18-25)35-20-36(32)2/h3-7,10-13,15,17-18,20,23,26,29H,8-9,14,16,19H2,1-2H3/b7-6+/t23-,26+,29-/m1/s1. The molecule has 0 radical (unpaired) electrons. The molecule has 0 saturated heterocycles. The van der Waals surface area contributed by atoms with Gasteiger partial charge in [0.1, 0.15) is 0 Å². The van der Waals surface area contributed by atoms with Crippen LogP contribution in [0.2, 0.25) is 5.02 Å². The summed E-state index contributed by atoms with van der Waals surface area (Å²) in [4.78, 5) is 31.9. The average Bonchev–Trinajstić information content (AvgIpc) is 3.67. The van der Waals surface area contributed by atoms with E-state index < -0.39 is 0 Å². The third kappa shape index (κ3) is 5.16. The van der Waals surface area contributed by atoms with Crippen molar-refractivity contribution in [3.8, 4) is 11.1 Å². The van der Waals surface area contributed by atoms with Crippen LogP contribution < -0.4 is 4.90 Å². The van der Waals surface area contributed by atoms with Crippen molar-refractivity contribution in [2.75, 3.05) is 4.90 Å². The fraction of sp³-hybridized carbons (Fsp3) is 0.303. The summed E-state index contributed by atoms with van der Waals surface area (Å²) in [6.45, 7) is 1.93. The van der Waals surface area contributed by atoms with Gasteiger partial charge in [-0.05, 0) is 96.7 Å². The summed E-state index contributed by atoms with van der Waals surface area (Å²) in [5, 5.41) is 0.631. The zero-order chi connectivity index (χ0) is 27.1. The lowest BCUT2D eigenvalue weighted by atomic mass is 9.87. The molecular formula is C33H32ClN3O2. The van der Waals surface area contributed by atoms with Crippen molar-refractivity contribution in [3.05, 3.63) is 89.2 Å². The smallest absolute Gasteiger partial charge is 0.230 e. The molecule has 2 bridgehead atoms. The second-order valence-electron chi connectivity index (χ2n) is 11.1. The van der Waals surface area contributed by atoms with Gasteiger partial charge in [0.05, 0.1) is 23.9 Å². The van der Waals surface area contributed by atoms with Gasteiger partial charge in [0.25, 0.3) is 0 Å². The van der Waals surface area contributed by atoms with Gasteiger partial charge in [-0.2, -0.15) is 0 Å². The fourth-order valence-electron chi connectivity index (χ4n) is 6.39. The molecule has 6 rings (SSSR count). The number of allylic oxidation sites excluding steroid dienone is 1. The molecule has 6 heteroatoms. The van der Waals surface area contributed by atoms with E-state index in [1.54, 1.807) is 12.2 Å². The van der Waals surface area contributed by atoms with Crippen molar-refractivity contribution >= 4 is 46.1 Å². The second kappa shape index (κ2) is 10.5. The second-order valence-corrected chi connectivity index (χ2v) is 11.5. The third-order valence-electron chi connectivity index (χ3n) is 8.45. The predicted octanol–water partition coefficient (Wildman–Crippen LogP) is 7.47. The fourth-order valence-corrected chi connectivity index (χ4v) is 6.64. The number of rotatable bonds is 7. The van der Waals surface area contributed by atoms with Gasteiger partial charge < -0.3 is 9.47 Å². The highest BCUT2D eigenvalue weighted by atomic mass is 35.5. The molecule has 3 atom stereocenters. The maximum atomic E-state index is 14.0. The van der Waals surface area contributed by atoms with E-state index >= 15 is 0 Å². The molecule has 0 N–H and O–H groups in total. The lowest BCUT2D eigenvalue weighted by Gasteiger charge is -2.30. The number of carbonyl (C=O) groups is 2. The molecule has 198 valence electrons. The molecule has 1 heterocycles. The number of aromatic nitrogens is 2. The van der Waals surface area contributed by atoms with Gasteiger partial charge in [0, 0.05) is 23.7 Å². The first kappa shape index (κ1) is 25.6. The number of imidazole rings is 1. The van der Waals surface area contributed by atoms with Crippen molar-refractivity contribution in [2.24, 2.45) is 24.8 Å². The van der Waals surface area contributed by atoms with Gasteiger partial charge in [0.15, 0.2) is 5.78 Å². The van der Waals surface area contributed by atoms with E-state index in [1.165, 1.54) is 19.8 Å². The van der Waals surface area contributed by atoms with Crippen molar-refractivity contribution in [1.29, 1.82) is 0 Å². The summed E-state index contributed by atoms with van der Waals surface area (Å²) in [6, 6.07) is 20.1. The van der Waals surface area contributed by atoms with Gasteiger partial charge in [-0.3, -0.25) is 9.59 Å². The Bertz CT molecular complexity index is 1600. The maximum absolute atomic E-state index is 14.0. The SMILES string of the molecule is CC(=O)/C=C/c1cccc(N(Cc2ccc(-c3ccc4c(c3)ncn4C)cc2Cl)C(=O)[C@@H]2C[C@@H]3CC[C@H]2C3)c1. The van der Waals surface area contributed by atoms with Crippen LogP contribution in [0.5, 0.6) is 0 Å². The van der Waals surface area contributed by atoms with Crippen LogP contribution in [0.15, 0.2) is 73.1 Å². The minimum absolute atomic E-state index is 0.00983. The Balaban J connectivity index is 1.32. The predicted molar refractivity (Wildman–Crippen MR) is 157 cm³/mol. The van der Waals surface area contributed by atoms with Crippen LogP contribution in [0.4, 0.5) is 5.69 Å². The topological polar surface area (TPSA) is 55.2 Å². The van der Waals surface area contributed by atoms with Crippen molar-refractivity contribution in [3.63, 3.8) is 0 Å². The highest BCUT2D eigenvalue weighted by Crippen LogP contribution is 2.49. The quantitative estimate of drug-likeness (QED) is 0.230. The minimum Gasteiger partial charge on any atom is -0.334 e. The minimum atomic E-state index is -0.00983. The maximum Gasteiger partial charge on any atom is 0.230 e. The van der Waals surface area contributed by atoms with Crippen LogP contribution in [0.3, 0.4) is 0 Å². The van der Waals surface area contributed by atoms with Gasteiger partial charge >= 0.3 is 0 Å². The molecule has 4 aromatic rings. The molecule has 39 heavy (non-hydrogen) atoms. The van der Waals surface area contributed by atoms with Crippen molar-refractivity contribution < 1.29 is 9.59 Å². The molecule has 0 unspecified atom stereocenters. The third-order valence-corrected chi connectivity index (χ3v) is 8.81. The zero-order valence-electron chi connectivity index (χ0n) is 22.3. The number of fused-ring (bicyclic) bond motifs is 3. The molecule has 2 aliphatic rings. The molecule has 3 aromatic carbocycles. The van der Waals surface area contributed by atoms with E-state index in [0.29, 0.717) is 23.4 Å². The van der Waals surface area contributed by atoms with E-state index in [-0.39, 0.29) is 17.6 Å². The number of carbonyl (C=O) groups excluding carboxylic acids is 2. The van der Waals surface area contributed by atoms with E-state index in [9.17, 15) is 9.59 Å². The van der Waals surface area contributed by atoms with E-state index in [0.717, 1.165) is 51.8 Å². The molecule has 0 aliphatic heterocycles. The Morgan fingerprint density at radius 1 is 1.05 bits per heavy atom. The molecule has 1 amide bonds. The van der Waals surface area contributed by atoms with Crippen LogP contribution in [0.1, 0.15) is 43.7 Å². The van der Waals surface area contributed by atoms with Crippen molar-refractivity contribution in [1.82, 2.24) is 9.55 Å². The molecule has 2 aliphatic carbocycles. The van der Waals surface area contributed by atoms with Crippen molar-refractivity contribution in [2.45, 2.75) is 39.2 Å². The summed E-state index contributed by atoms with van der Waals surface area (Å²) >= 11 is 6.87. The molecule has 2 saturated carbocycles. The monoisotopic (exact) mass is 537 g/mol. The van der Waals surface area contributed by atoms with E-state index in [2.05, 4.69) is 29.2 Å². The number of ketones is 1. The van der Waals surface area contributed by atoms with Crippen LogP contribution >= 0.6 is 11.6 Å². The Hall–Kier alpha value is -3.70. The Labute approximate surface area is 234 Å². The number of aryl methyl sites for hydroxylation is 1. The lowest BCUT2D eigenvalue weighted by Crippen LogP contribution is -2.38. The van der Waals surface area contributed by atoms with Crippen LogP contribution in [-0.2, 0) is 23.2 Å². The summed E-state index contributed by atoms with van der Waals surface area (Å²) in [5.74, 6) is 1.38. The van der Waals surface area contributed by atoms with Gasteiger partial charge in [-0.15, -0.1) is 0 Å². The largest absolute Gasteiger partial charge is 0.334 e. The number of halogens is 1. The van der Waals surface area contributed by atoms with Crippen LogP contribution in [0.25, 0.3) is 28.2 Å². The Morgan fingerprint density at radius 3 is 2.62 bits per heavy atom. The van der Waals surface area contributed by atoms with Gasteiger partial charge in [0.2, 0.25) is 5.91 Å². The summed E-state index contributed by atoms with van der Waals surface area (Å²) in [7, 11) is 1.99. The number of nitrogens with zero attached hydrogens (tertiary/aromatic N) is 3. The summed E-state index contributed by atoms with van der Waals surface area (Å²) in [5.41, 5.74) is 6.70. The Kier molecular flexibility index (Phi) is 6.86. The highest BCUT2D eigenvalue weighted by Gasteiger charge is 2.44. The number of anilines is 1. The normalized spacial score (nSPS) is 20.2. The summed E-state index contributed by atoms with van der Waals surface area (Å²) < 4.78 is 2.00. The zero-order valence-corrected chi connectivity index (χ0v) is 23.1. The molecule has 2 fully saturated rings. The van der Waals surface area contributed by atoms with Crippen LogP contribution in [-0.4, -0.2) is 21.2 Å². The number of benzene rings is 3. The molecular weight excluding hydrogens is 506 g/mol. The van der Waals surface area contributed by atoms with Crippen LogP contribution in [0, 0.1) is 17.8 Å². The highest BCUT2D eigenvalue weighted by molar-refractivity contribution is 6.31. The number of amides is 1. The molecule has 0 spiro atoms. The number of hydrogen-bond acceptors (Lipinski definition) is 3. The van der Waals surface area contributed by atoms with E-state index in [1.807, 2.05) is 59.2 Å². The first-order valence-electron chi connectivity index (χ1n) is 13.7. The average molecular weight is 538 g/mol. The first-order valence-corrected chi connectivity index (χ1v) is 14.0. The Morgan fingerprint density at radius 2 is 1.87 bits per heavy atom. The van der Waals surface area contributed by atoms with E-state index in [4.69, 9.17) is 11.6 Å². The number of hydrogen-bond donors (Lipinski definition) is 0. The van der Waals surface area contributed by atoms with Gasteiger partial charge in [-0.1, -0.05) is 54.4 Å². The van der Waals surface area contributed by atoms with Gasteiger partial charge in [-0.25, -0.2) is 4.98 Å². The first-order chi connectivity index (χ1) is 18.9. The molecule has 5 nitrogen and oxygen atoms in total. The lowest BCUT2D eigenvalue weighted by molar-refractivity contribution is -0.124. The summed E-state index contributed by atoms with van der Waals surface area (Å²) in [6.07, 6.45) is 9.71. The molecule has 1 aromatic heterocycles.